The summed E-state index contributed by atoms with van der Waals surface area (Å²) in [4.78, 5) is 2.50. The molecule has 3 rings (SSSR count). The van der Waals surface area contributed by atoms with Crippen molar-refractivity contribution in [2.45, 2.75) is 65.3 Å². The van der Waals surface area contributed by atoms with E-state index in [1.54, 1.807) is 0 Å². The predicted molar refractivity (Wildman–Crippen MR) is 120 cm³/mol. The summed E-state index contributed by atoms with van der Waals surface area (Å²) in [6.07, 6.45) is 3.45. The molecule has 0 saturated carbocycles. The van der Waals surface area contributed by atoms with Gasteiger partial charge in [-0.2, -0.15) is 0 Å². The zero-order valence-electron chi connectivity index (χ0n) is 18.3. The normalized spacial score (nSPS) is 16.1. The molecule has 2 aromatic rings. The maximum absolute atomic E-state index is 10.9. The molecule has 1 aliphatic rings. The summed E-state index contributed by atoms with van der Waals surface area (Å²) < 4.78 is 0. The van der Waals surface area contributed by atoms with E-state index in [0.717, 1.165) is 37.2 Å². The van der Waals surface area contributed by atoms with E-state index in [9.17, 15) is 5.11 Å². The lowest BCUT2D eigenvalue weighted by Gasteiger charge is -2.30. The third-order valence-electron chi connectivity index (χ3n) is 5.63. The van der Waals surface area contributed by atoms with Gasteiger partial charge in [-0.05, 0) is 45.1 Å². The third-order valence-corrected chi connectivity index (χ3v) is 5.63. The standard InChI is InChI=1S/C26H35NO/c1-25(2,3)22-16-19(17-23(24(22)28)26(4,5)6)18-27-14-12-21(13-15-27)20-10-8-7-9-11-20/h7-12,16-17,28H,13-15,18H2,1-6H3. The molecule has 1 aliphatic heterocycles. The SMILES string of the molecule is CC(C)(C)c1cc(CN2CC=C(c3ccccc3)CC2)cc(C(C)(C)C)c1O. The second kappa shape index (κ2) is 7.75. The zero-order chi connectivity index (χ0) is 20.5. The monoisotopic (exact) mass is 377 g/mol. The quantitative estimate of drug-likeness (QED) is 0.681. The molecule has 1 heterocycles. The first kappa shape index (κ1) is 20.7. The Morgan fingerprint density at radius 2 is 1.46 bits per heavy atom. The van der Waals surface area contributed by atoms with Gasteiger partial charge in [-0.1, -0.05) is 90.1 Å². The number of phenols is 1. The lowest BCUT2D eigenvalue weighted by molar-refractivity contribution is 0.293. The van der Waals surface area contributed by atoms with Crippen molar-refractivity contribution in [2.24, 2.45) is 0 Å². The molecule has 0 saturated heterocycles. The largest absolute Gasteiger partial charge is 0.507 e. The molecular formula is C26H35NO. The third kappa shape index (κ3) is 4.67. The molecule has 0 bridgehead atoms. The first-order valence-electron chi connectivity index (χ1n) is 10.4. The Hall–Kier alpha value is -2.06. The van der Waals surface area contributed by atoms with E-state index in [2.05, 4.69) is 95.0 Å². The molecule has 1 N–H and O–H groups in total. The summed E-state index contributed by atoms with van der Waals surface area (Å²) in [6.45, 7) is 16.0. The summed E-state index contributed by atoms with van der Waals surface area (Å²) in [6, 6.07) is 15.1. The van der Waals surface area contributed by atoms with Gasteiger partial charge in [-0.15, -0.1) is 0 Å². The fourth-order valence-electron chi connectivity index (χ4n) is 3.96. The minimum atomic E-state index is -0.0810. The number of hydrogen-bond donors (Lipinski definition) is 1. The molecule has 0 amide bonds. The molecule has 2 heteroatoms. The van der Waals surface area contributed by atoms with Gasteiger partial charge in [0.25, 0.3) is 0 Å². The summed E-state index contributed by atoms with van der Waals surface area (Å²) in [5.74, 6) is 0.466. The highest BCUT2D eigenvalue weighted by atomic mass is 16.3. The van der Waals surface area contributed by atoms with E-state index in [0.29, 0.717) is 5.75 Å². The predicted octanol–water partition coefficient (Wildman–Crippen LogP) is 6.28. The fraction of sp³-hybridized carbons (Fsp3) is 0.462. The molecule has 2 aromatic carbocycles. The van der Waals surface area contributed by atoms with E-state index in [4.69, 9.17) is 0 Å². The highest BCUT2D eigenvalue weighted by Gasteiger charge is 2.27. The zero-order valence-corrected chi connectivity index (χ0v) is 18.3. The molecule has 0 aromatic heterocycles. The molecule has 2 nitrogen and oxygen atoms in total. The van der Waals surface area contributed by atoms with Gasteiger partial charge < -0.3 is 5.11 Å². The van der Waals surface area contributed by atoms with E-state index in [1.807, 2.05) is 0 Å². The van der Waals surface area contributed by atoms with Crippen molar-refractivity contribution < 1.29 is 5.11 Å². The number of nitrogens with zero attached hydrogens (tertiary/aromatic N) is 1. The van der Waals surface area contributed by atoms with Crippen molar-refractivity contribution in [1.82, 2.24) is 4.90 Å². The Bertz CT molecular complexity index is 815. The van der Waals surface area contributed by atoms with Crippen LogP contribution in [0.2, 0.25) is 0 Å². The molecule has 0 atom stereocenters. The van der Waals surface area contributed by atoms with Crippen LogP contribution in [0.3, 0.4) is 0 Å². The molecule has 0 spiro atoms. The highest BCUT2D eigenvalue weighted by Crippen LogP contribution is 2.40. The number of benzene rings is 2. The summed E-state index contributed by atoms with van der Waals surface area (Å²) in [5, 5.41) is 10.9. The molecule has 0 fully saturated rings. The number of rotatable bonds is 3. The number of aromatic hydroxyl groups is 1. The molecule has 150 valence electrons. The average molecular weight is 378 g/mol. The first-order valence-corrected chi connectivity index (χ1v) is 10.4. The maximum atomic E-state index is 10.9. The topological polar surface area (TPSA) is 23.5 Å². The van der Waals surface area contributed by atoms with Gasteiger partial charge in [0, 0.05) is 19.6 Å². The van der Waals surface area contributed by atoms with Gasteiger partial charge in [0.2, 0.25) is 0 Å². The van der Waals surface area contributed by atoms with Crippen LogP contribution in [0.15, 0.2) is 48.5 Å². The highest BCUT2D eigenvalue weighted by molar-refractivity contribution is 5.66. The Balaban J connectivity index is 1.84. The van der Waals surface area contributed by atoms with Crippen LogP contribution < -0.4 is 0 Å². The van der Waals surface area contributed by atoms with Crippen LogP contribution in [0.1, 0.15) is 70.2 Å². The second-order valence-electron chi connectivity index (χ2n) is 10.1. The average Bonchev–Trinajstić information content (AvgIpc) is 2.62. The number of phenolic OH excluding ortho intramolecular Hbond substituents is 1. The molecule has 0 aliphatic carbocycles. The van der Waals surface area contributed by atoms with Crippen LogP contribution >= 0.6 is 0 Å². The van der Waals surface area contributed by atoms with Crippen LogP contribution in [0.25, 0.3) is 5.57 Å². The lowest BCUT2D eigenvalue weighted by Crippen LogP contribution is -2.28. The van der Waals surface area contributed by atoms with E-state index >= 15 is 0 Å². The minimum absolute atomic E-state index is 0.0810. The Kier molecular flexibility index (Phi) is 5.72. The Morgan fingerprint density at radius 1 is 0.893 bits per heavy atom. The number of hydrogen-bond acceptors (Lipinski definition) is 2. The van der Waals surface area contributed by atoms with E-state index in [1.165, 1.54) is 16.7 Å². The van der Waals surface area contributed by atoms with Crippen molar-refractivity contribution in [3.05, 3.63) is 70.8 Å². The minimum Gasteiger partial charge on any atom is -0.507 e. The van der Waals surface area contributed by atoms with Crippen LogP contribution in [-0.4, -0.2) is 23.1 Å². The van der Waals surface area contributed by atoms with Gasteiger partial charge in [0.1, 0.15) is 5.75 Å². The van der Waals surface area contributed by atoms with E-state index in [-0.39, 0.29) is 10.8 Å². The van der Waals surface area contributed by atoms with Crippen LogP contribution in [0.4, 0.5) is 0 Å². The summed E-state index contributed by atoms with van der Waals surface area (Å²) in [5.41, 5.74) is 6.03. The molecular weight excluding hydrogens is 342 g/mol. The van der Waals surface area contributed by atoms with Crippen LogP contribution in [0, 0.1) is 0 Å². The molecule has 0 unspecified atom stereocenters. The van der Waals surface area contributed by atoms with Crippen LogP contribution in [-0.2, 0) is 17.4 Å². The Morgan fingerprint density at radius 3 is 1.93 bits per heavy atom. The van der Waals surface area contributed by atoms with Gasteiger partial charge in [-0.25, -0.2) is 0 Å². The van der Waals surface area contributed by atoms with Gasteiger partial charge in [0.05, 0.1) is 0 Å². The van der Waals surface area contributed by atoms with Gasteiger partial charge in [0.15, 0.2) is 0 Å². The van der Waals surface area contributed by atoms with Gasteiger partial charge in [-0.3, -0.25) is 4.90 Å². The molecule has 28 heavy (non-hydrogen) atoms. The van der Waals surface area contributed by atoms with Crippen molar-refractivity contribution in [2.75, 3.05) is 13.1 Å². The Labute approximate surface area is 170 Å². The maximum Gasteiger partial charge on any atom is 0.123 e. The van der Waals surface area contributed by atoms with Crippen molar-refractivity contribution >= 4 is 5.57 Å². The first-order chi connectivity index (χ1) is 13.1. The van der Waals surface area contributed by atoms with Crippen molar-refractivity contribution in [3.63, 3.8) is 0 Å². The second-order valence-corrected chi connectivity index (χ2v) is 10.1. The fourth-order valence-corrected chi connectivity index (χ4v) is 3.96. The van der Waals surface area contributed by atoms with Crippen molar-refractivity contribution in [3.8, 4) is 5.75 Å². The van der Waals surface area contributed by atoms with Crippen LogP contribution in [0.5, 0.6) is 5.75 Å². The molecule has 0 radical (unpaired) electrons. The summed E-state index contributed by atoms with van der Waals surface area (Å²) in [7, 11) is 0. The van der Waals surface area contributed by atoms with E-state index < -0.39 is 0 Å². The van der Waals surface area contributed by atoms with Gasteiger partial charge >= 0.3 is 0 Å². The summed E-state index contributed by atoms with van der Waals surface area (Å²) >= 11 is 0. The smallest absolute Gasteiger partial charge is 0.123 e. The van der Waals surface area contributed by atoms with Crippen molar-refractivity contribution in [1.29, 1.82) is 0 Å². The lowest BCUT2D eigenvalue weighted by atomic mass is 9.78.